The second-order valence-corrected chi connectivity index (χ2v) is 5.30. The standard InChI is InChI=1S/C14H19FN2O2/c1-9-6-10(16)7-11(12(9)15)13(19)17-14(8-18)4-2-3-5-14/h6-7,18H,2-5,8,16H2,1H3,(H,17,19). The highest BCUT2D eigenvalue weighted by molar-refractivity contribution is 5.96. The molecule has 0 radical (unpaired) electrons. The van der Waals surface area contributed by atoms with E-state index >= 15 is 0 Å². The van der Waals surface area contributed by atoms with E-state index in [0.717, 1.165) is 25.7 Å². The van der Waals surface area contributed by atoms with Gasteiger partial charge in [-0.1, -0.05) is 12.8 Å². The van der Waals surface area contributed by atoms with Crippen molar-refractivity contribution < 1.29 is 14.3 Å². The number of carbonyl (C=O) groups is 1. The largest absolute Gasteiger partial charge is 0.399 e. The van der Waals surface area contributed by atoms with Crippen LogP contribution in [-0.2, 0) is 0 Å². The van der Waals surface area contributed by atoms with Gasteiger partial charge in [0.15, 0.2) is 0 Å². The van der Waals surface area contributed by atoms with E-state index in [1.54, 1.807) is 6.92 Å². The first-order valence-electron chi connectivity index (χ1n) is 6.46. The Labute approximate surface area is 111 Å². The number of aliphatic hydroxyl groups excluding tert-OH is 1. The van der Waals surface area contributed by atoms with E-state index in [-0.39, 0.29) is 12.2 Å². The van der Waals surface area contributed by atoms with Crippen molar-refractivity contribution in [2.45, 2.75) is 38.1 Å². The number of amides is 1. The van der Waals surface area contributed by atoms with Gasteiger partial charge in [0.1, 0.15) is 5.82 Å². The van der Waals surface area contributed by atoms with Gasteiger partial charge in [-0.2, -0.15) is 0 Å². The van der Waals surface area contributed by atoms with Crippen LogP contribution in [0, 0.1) is 12.7 Å². The minimum absolute atomic E-state index is 0.0581. The summed E-state index contributed by atoms with van der Waals surface area (Å²) < 4.78 is 14.0. The maximum Gasteiger partial charge on any atom is 0.254 e. The Morgan fingerprint density at radius 2 is 2.11 bits per heavy atom. The van der Waals surface area contributed by atoms with Gasteiger partial charge in [-0.15, -0.1) is 0 Å². The molecule has 1 fully saturated rings. The van der Waals surface area contributed by atoms with Crippen LogP contribution in [0.3, 0.4) is 0 Å². The Morgan fingerprint density at radius 3 is 2.68 bits per heavy atom. The van der Waals surface area contributed by atoms with Crippen LogP contribution in [0.1, 0.15) is 41.6 Å². The Hall–Kier alpha value is -1.62. The van der Waals surface area contributed by atoms with E-state index < -0.39 is 17.3 Å². The SMILES string of the molecule is Cc1cc(N)cc(C(=O)NC2(CO)CCCC2)c1F. The topological polar surface area (TPSA) is 75.4 Å². The van der Waals surface area contributed by atoms with Crippen LogP contribution in [0.25, 0.3) is 0 Å². The fourth-order valence-corrected chi connectivity index (χ4v) is 2.65. The number of hydrogen-bond donors (Lipinski definition) is 3. The van der Waals surface area contributed by atoms with E-state index in [0.29, 0.717) is 11.3 Å². The van der Waals surface area contributed by atoms with Crippen LogP contribution in [-0.4, -0.2) is 23.2 Å². The molecule has 4 N–H and O–H groups in total. The number of benzene rings is 1. The number of aliphatic hydroxyl groups is 1. The average Bonchev–Trinajstić information content (AvgIpc) is 2.82. The van der Waals surface area contributed by atoms with E-state index in [9.17, 15) is 14.3 Å². The number of rotatable bonds is 3. The highest BCUT2D eigenvalue weighted by Crippen LogP contribution is 2.30. The van der Waals surface area contributed by atoms with Gasteiger partial charge in [-0.05, 0) is 37.5 Å². The molecule has 0 bridgehead atoms. The number of halogens is 1. The van der Waals surface area contributed by atoms with E-state index in [2.05, 4.69) is 5.32 Å². The smallest absolute Gasteiger partial charge is 0.254 e. The van der Waals surface area contributed by atoms with Crippen LogP contribution < -0.4 is 11.1 Å². The molecule has 0 aromatic heterocycles. The number of nitrogens with one attached hydrogen (secondary N) is 1. The molecule has 104 valence electrons. The van der Waals surface area contributed by atoms with Gasteiger partial charge in [-0.25, -0.2) is 4.39 Å². The molecule has 1 saturated carbocycles. The van der Waals surface area contributed by atoms with E-state index in [1.807, 2.05) is 0 Å². The molecule has 2 rings (SSSR count). The van der Waals surface area contributed by atoms with Crippen molar-refractivity contribution in [2.24, 2.45) is 0 Å². The zero-order valence-electron chi connectivity index (χ0n) is 11.0. The normalized spacial score (nSPS) is 17.4. The number of carbonyl (C=O) groups excluding carboxylic acids is 1. The van der Waals surface area contributed by atoms with Crippen LogP contribution in [0.5, 0.6) is 0 Å². The van der Waals surface area contributed by atoms with Crippen molar-refractivity contribution in [3.63, 3.8) is 0 Å². The zero-order chi connectivity index (χ0) is 14.0. The molecule has 1 aliphatic carbocycles. The number of hydrogen-bond acceptors (Lipinski definition) is 3. The van der Waals surface area contributed by atoms with Gasteiger partial charge in [0.25, 0.3) is 5.91 Å². The minimum atomic E-state index is -0.609. The first kappa shape index (κ1) is 13.8. The lowest BCUT2D eigenvalue weighted by atomic mass is 9.97. The predicted molar refractivity (Wildman–Crippen MR) is 71.3 cm³/mol. The summed E-state index contributed by atoms with van der Waals surface area (Å²) in [6.45, 7) is 1.45. The molecule has 19 heavy (non-hydrogen) atoms. The van der Waals surface area contributed by atoms with Crippen LogP contribution in [0.15, 0.2) is 12.1 Å². The van der Waals surface area contributed by atoms with Crippen molar-refractivity contribution in [1.29, 1.82) is 0 Å². The van der Waals surface area contributed by atoms with Gasteiger partial charge in [0.2, 0.25) is 0 Å². The van der Waals surface area contributed by atoms with Gasteiger partial charge in [-0.3, -0.25) is 4.79 Å². The minimum Gasteiger partial charge on any atom is -0.399 e. The summed E-state index contributed by atoms with van der Waals surface area (Å²) >= 11 is 0. The van der Waals surface area contributed by atoms with Gasteiger partial charge >= 0.3 is 0 Å². The molecular formula is C14H19FN2O2. The molecule has 4 nitrogen and oxygen atoms in total. The number of anilines is 1. The van der Waals surface area contributed by atoms with Crippen LogP contribution in [0.2, 0.25) is 0 Å². The molecule has 0 atom stereocenters. The monoisotopic (exact) mass is 266 g/mol. The van der Waals surface area contributed by atoms with Gasteiger partial charge in [0, 0.05) is 5.69 Å². The number of aryl methyl sites for hydroxylation is 1. The maximum absolute atomic E-state index is 14.0. The first-order valence-corrected chi connectivity index (χ1v) is 6.46. The average molecular weight is 266 g/mol. The molecular weight excluding hydrogens is 247 g/mol. The van der Waals surface area contributed by atoms with Crippen LogP contribution in [0.4, 0.5) is 10.1 Å². The Kier molecular flexibility index (Phi) is 3.75. The fourth-order valence-electron chi connectivity index (χ4n) is 2.65. The molecule has 0 aliphatic heterocycles. The third-order valence-electron chi connectivity index (χ3n) is 3.76. The maximum atomic E-state index is 14.0. The van der Waals surface area contributed by atoms with Crippen molar-refractivity contribution in [2.75, 3.05) is 12.3 Å². The van der Waals surface area contributed by atoms with Crippen molar-refractivity contribution in [3.8, 4) is 0 Å². The van der Waals surface area contributed by atoms with Crippen molar-refractivity contribution in [3.05, 3.63) is 29.1 Å². The lowest BCUT2D eigenvalue weighted by Crippen LogP contribution is -2.49. The van der Waals surface area contributed by atoms with Gasteiger partial charge in [0.05, 0.1) is 17.7 Å². The molecule has 0 saturated heterocycles. The molecule has 1 aliphatic rings. The highest BCUT2D eigenvalue weighted by atomic mass is 19.1. The quantitative estimate of drug-likeness (QED) is 0.730. The number of nitrogen functional groups attached to an aromatic ring is 1. The molecule has 0 heterocycles. The Balaban J connectivity index is 2.25. The summed E-state index contributed by atoms with van der Waals surface area (Å²) in [5.41, 5.74) is 5.67. The predicted octanol–water partition coefficient (Wildman–Crippen LogP) is 1.75. The highest BCUT2D eigenvalue weighted by Gasteiger charge is 2.35. The molecule has 0 spiro atoms. The lowest BCUT2D eigenvalue weighted by Gasteiger charge is -2.28. The third kappa shape index (κ3) is 2.71. The molecule has 1 aromatic carbocycles. The second-order valence-electron chi connectivity index (χ2n) is 5.30. The Bertz CT molecular complexity index is 496. The summed E-state index contributed by atoms with van der Waals surface area (Å²) in [6, 6.07) is 2.82. The second kappa shape index (κ2) is 5.17. The summed E-state index contributed by atoms with van der Waals surface area (Å²) in [5.74, 6) is -1.07. The van der Waals surface area contributed by atoms with E-state index in [1.165, 1.54) is 12.1 Å². The Morgan fingerprint density at radius 1 is 1.47 bits per heavy atom. The van der Waals surface area contributed by atoms with Crippen molar-refractivity contribution >= 4 is 11.6 Å². The number of nitrogens with two attached hydrogens (primary N) is 1. The third-order valence-corrected chi connectivity index (χ3v) is 3.76. The lowest BCUT2D eigenvalue weighted by molar-refractivity contribution is 0.0834. The summed E-state index contributed by atoms with van der Waals surface area (Å²) in [5, 5.41) is 12.2. The fraction of sp³-hybridized carbons (Fsp3) is 0.500. The summed E-state index contributed by atoms with van der Waals surface area (Å²) in [6.07, 6.45) is 3.36. The van der Waals surface area contributed by atoms with Gasteiger partial charge < -0.3 is 16.2 Å². The molecule has 0 unspecified atom stereocenters. The summed E-state index contributed by atoms with van der Waals surface area (Å²) in [4.78, 5) is 12.2. The first-order chi connectivity index (χ1) is 8.97. The molecule has 1 aromatic rings. The zero-order valence-corrected chi connectivity index (χ0v) is 11.0. The van der Waals surface area contributed by atoms with E-state index in [4.69, 9.17) is 5.73 Å². The molecule has 5 heteroatoms. The molecule has 1 amide bonds. The van der Waals surface area contributed by atoms with Crippen molar-refractivity contribution in [1.82, 2.24) is 5.32 Å². The van der Waals surface area contributed by atoms with Crippen LogP contribution >= 0.6 is 0 Å². The summed E-state index contributed by atoms with van der Waals surface area (Å²) in [7, 11) is 0.